The zero-order valence-electron chi connectivity index (χ0n) is 17.2. The predicted molar refractivity (Wildman–Crippen MR) is 123 cm³/mol. The molecule has 0 saturated heterocycles. The number of carbonyl (C=O) groups is 1. The Morgan fingerprint density at radius 1 is 0.967 bits per heavy atom. The lowest BCUT2D eigenvalue weighted by Gasteiger charge is -2.14. The second-order valence-electron chi connectivity index (χ2n) is 8.36. The molecule has 0 amide bonds. The molecule has 0 unspecified atom stereocenters. The van der Waals surface area contributed by atoms with Crippen LogP contribution in [0.1, 0.15) is 36.9 Å². The Morgan fingerprint density at radius 3 is 2.27 bits per heavy atom. The molecule has 0 N–H and O–H groups in total. The number of aromatic nitrogens is 1. The second kappa shape index (κ2) is 7.57. The molecule has 2 aromatic carbocycles. The Morgan fingerprint density at radius 2 is 1.63 bits per heavy atom. The van der Waals surface area contributed by atoms with Crippen molar-refractivity contribution in [2.45, 2.75) is 27.7 Å². The molecule has 0 saturated carbocycles. The lowest BCUT2D eigenvalue weighted by molar-refractivity contribution is 0.0829. The number of fused-ring (bicyclic) bond motifs is 1. The van der Waals surface area contributed by atoms with Gasteiger partial charge in [0.25, 0.3) is 0 Å². The first kappa shape index (κ1) is 20.6. The molecule has 0 spiro atoms. The third-order valence-electron chi connectivity index (χ3n) is 5.10. The molecule has 4 aromatic rings. The van der Waals surface area contributed by atoms with E-state index in [1.807, 2.05) is 82.3 Å². The molecule has 0 fully saturated rings. The zero-order valence-corrected chi connectivity index (χ0v) is 18.7. The molecule has 5 heteroatoms. The van der Waals surface area contributed by atoms with Crippen LogP contribution in [0.2, 0.25) is 10.0 Å². The summed E-state index contributed by atoms with van der Waals surface area (Å²) in [6.45, 7) is 7.53. The van der Waals surface area contributed by atoms with Crippen molar-refractivity contribution in [3.8, 4) is 22.4 Å². The topological polar surface area (TPSA) is 43.1 Å². The number of Topliss-reactive ketones (excluding diaryl/α,β-unsaturated/α-hetero) is 1. The van der Waals surface area contributed by atoms with E-state index in [1.165, 1.54) is 0 Å². The van der Waals surface area contributed by atoms with Crippen molar-refractivity contribution >= 4 is 40.1 Å². The molecule has 0 aliphatic heterocycles. The Hall–Kier alpha value is -2.62. The number of hydrogen-bond acceptors (Lipinski definition) is 3. The molecule has 0 radical (unpaired) electrons. The number of hydrogen-bond donors (Lipinski definition) is 0. The average molecular weight is 438 g/mol. The summed E-state index contributed by atoms with van der Waals surface area (Å²) in [5.74, 6) is 0.300. The largest absolute Gasteiger partial charge is 0.434 e. The van der Waals surface area contributed by atoms with Gasteiger partial charge in [0.15, 0.2) is 5.76 Å². The highest BCUT2D eigenvalue weighted by atomic mass is 35.5. The van der Waals surface area contributed by atoms with Crippen LogP contribution >= 0.6 is 23.2 Å². The summed E-state index contributed by atoms with van der Waals surface area (Å²) in [6, 6.07) is 17.1. The van der Waals surface area contributed by atoms with Crippen LogP contribution < -0.4 is 0 Å². The Kier molecular flexibility index (Phi) is 5.21. The molecule has 2 aromatic heterocycles. The number of halogens is 2. The number of ketones is 1. The van der Waals surface area contributed by atoms with Crippen molar-refractivity contribution in [2.75, 3.05) is 0 Å². The van der Waals surface area contributed by atoms with E-state index in [1.54, 1.807) is 0 Å². The molecule has 2 heterocycles. The van der Waals surface area contributed by atoms with Gasteiger partial charge in [-0.15, -0.1) is 0 Å². The minimum absolute atomic E-state index is 0.0506. The van der Waals surface area contributed by atoms with Crippen LogP contribution in [0.25, 0.3) is 33.5 Å². The van der Waals surface area contributed by atoms with Gasteiger partial charge in [0, 0.05) is 37.5 Å². The average Bonchev–Trinajstić information content (AvgIpc) is 3.02. The van der Waals surface area contributed by atoms with Gasteiger partial charge in [-0.1, -0.05) is 74.3 Å². The maximum atomic E-state index is 12.9. The molecule has 4 rings (SSSR count). The summed E-state index contributed by atoms with van der Waals surface area (Å²) in [7, 11) is 0. The normalized spacial score (nSPS) is 11.8. The van der Waals surface area contributed by atoms with E-state index >= 15 is 0 Å². The fourth-order valence-corrected chi connectivity index (χ4v) is 3.75. The Bertz CT molecular complexity index is 1270. The third-order valence-corrected chi connectivity index (χ3v) is 5.68. The number of pyridine rings is 1. The number of benzene rings is 2. The summed E-state index contributed by atoms with van der Waals surface area (Å²) in [6.07, 6.45) is 0. The highest BCUT2D eigenvalue weighted by Crippen LogP contribution is 2.39. The van der Waals surface area contributed by atoms with Gasteiger partial charge >= 0.3 is 0 Å². The fourth-order valence-electron chi connectivity index (χ4n) is 3.40. The van der Waals surface area contributed by atoms with Gasteiger partial charge in [-0.2, -0.15) is 0 Å². The van der Waals surface area contributed by atoms with E-state index in [0.29, 0.717) is 27.2 Å². The number of carbonyl (C=O) groups excluding carboxylic acids is 1. The maximum absolute atomic E-state index is 12.9. The van der Waals surface area contributed by atoms with Crippen LogP contribution in [0.3, 0.4) is 0 Å². The molecular formula is C25H21Cl2NO2. The zero-order chi connectivity index (χ0) is 21.6. The van der Waals surface area contributed by atoms with Gasteiger partial charge in [-0.25, -0.2) is 4.98 Å². The Labute approximate surface area is 185 Å². The van der Waals surface area contributed by atoms with Crippen LogP contribution in [0, 0.1) is 12.3 Å². The summed E-state index contributed by atoms with van der Waals surface area (Å²) in [4.78, 5) is 17.7. The number of aryl methyl sites for hydroxylation is 1. The van der Waals surface area contributed by atoms with Gasteiger partial charge < -0.3 is 4.42 Å². The van der Waals surface area contributed by atoms with Crippen LogP contribution in [-0.2, 0) is 0 Å². The van der Waals surface area contributed by atoms with Crippen molar-refractivity contribution in [3.63, 3.8) is 0 Å². The fraction of sp³-hybridized carbons (Fsp3) is 0.200. The lowest BCUT2D eigenvalue weighted by atomic mass is 9.88. The summed E-state index contributed by atoms with van der Waals surface area (Å²) in [5, 5.41) is 2.06. The molecule has 0 aliphatic carbocycles. The van der Waals surface area contributed by atoms with Crippen molar-refractivity contribution in [2.24, 2.45) is 5.41 Å². The maximum Gasteiger partial charge on any atom is 0.227 e. The second-order valence-corrected chi connectivity index (χ2v) is 9.20. The quantitative estimate of drug-likeness (QED) is 0.304. The van der Waals surface area contributed by atoms with E-state index in [2.05, 4.69) is 0 Å². The molecular weight excluding hydrogens is 417 g/mol. The Balaban J connectivity index is 2.03. The van der Waals surface area contributed by atoms with Crippen molar-refractivity contribution in [3.05, 3.63) is 76.0 Å². The van der Waals surface area contributed by atoms with Gasteiger partial charge in [-0.05, 0) is 36.8 Å². The highest BCUT2D eigenvalue weighted by Gasteiger charge is 2.29. The molecule has 30 heavy (non-hydrogen) atoms. The van der Waals surface area contributed by atoms with Gasteiger partial charge in [0.05, 0.1) is 5.69 Å². The summed E-state index contributed by atoms with van der Waals surface area (Å²) >= 11 is 12.6. The van der Waals surface area contributed by atoms with Gasteiger partial charge in [0.1, 0.15) is 0 Å². The minimum Gasteiger partial charge on any atom is -0.434 e. The predicted octanol–water partition coefficient (Wildman–Crippen LogP) is 8.01. The molecule has 0 atom stereocenters. The first-order valence-electron chi connectivity index (χ1n) is 9.66. The first-order valence-corrected chi connectivity index (χ1v) is 10.4. The highest BCUT2D eigenvalue weighted by molar-refractivity contribution is 6.33. The standard InChI is InChI=1S/C25H21Cl2NO2/c1-14-18-13-19(15-9-11-16(26)12-10-15)21(17-7-5-6-8-20(17)27)28-24(18)30-22(14)23(29)25(2,3)4/h5-13H,1-4H3. The first-order chi connectivity index (χ1) is 14.2. The summed E-state index contributed by atoms with van der Waals surface area (Å²) in [5.41, 5.74) is 4.00. The van der Waals surface area contributed by atoms with Gasteiger partial charge in [-0.3, -0.25) is 4.79 Å². The van der Waals surface area contributed by atoms with Gasteiger partial charge in [0.2, 0.25) is 11.5 Å². The van der Waals surface area contributed by atoms with Crippen molar-refractivity contribution < 1.29 is 9.21 Å². The van der Waals surface area contributed by atoms with Crippen LogP contribution in [0.4, 0.5) is 0 Å². The van der Waals surface area contributed by atoms with E-state index < -0.39 is 5.41 Å². The van der Waals surface area contributed by atoms with E-state index in [0.717, 1.165) is 27.6 Å². The third kappa shape index (κ3) is 3.64. The van der Waals surface area contributed by atoms with Crippen LogP contribution in [0.5, 0.6) is 0 Å². The molecule has 3 nitrogen and oxygen atoms in total. The van der Waals surface area contributed by atoms with E-state index in [9.17, 15) is 4.79 Å². The number of nitrogens with zero attached hydrogens (tertiary/aromatic N) is 1. The molecule has 152 valence electrons. The SMILES string of the molecule is Cc1c(C(=O)C(C)(C)C)oc2nc(-c3ccccc3Cl)c(-c3ccc(Cl)cc3)cc12. The van der Waals surface area contributed by atoms with E-state index in [-0.39, 0.29) is 5.78 Å². The monoisotopic (exact) mass is 437 g/mol. The van der Waals surface area contributed by atoms with E-state index in [4.69, 9.17) is 32.6 Å². The minimum atomic E-state index is -0.552. The van der Waals surface area contributed by atoms with Crippen LogP contribution in [0.15, 0.2) is 59.0 Å². The number of rotatable bonds is 3. The smallest absolute Gasteiger partial charge is 0.227 e. The molecule has 0 bridgehead atoms. The number of furan rings is 1. The summed E-state index contributed by atoms with van der Waals surface area (Å²) < 4.78 is 5.97. The van der Waals surface area contributed by atoms with Crippen molar-refractivity contribution in [1.82, 2.24) is 4.98 Å². The van der Waals surface area contributed by atoms with Crippen molar-refractivity contribution in [1.29, 1.82) is 0 Å². The van der Waals surface area contributed by atoms with Crippen LogP contribution in [-0.4, -0.2) is 10.8 Å². The molecule has 0 aliphatic rings. The lowest BCUT2D eigenvalue weighted by Crippen LogP contribution is -2.20.